The first-order valence-corrected chi connectivity index (χ1v) is 42.2. The van der Waals surface area contributed by atoms with Crippen LogP contribution in [0.2, 0.25) is 0 Å². The second kappa shape index (κ2) is 68.1. The minimum absolute atomic E-state index is 0.0661. The van der Waals surface area contributed by atoms with Gasteiger partial charge in [-0.25, -0.2) is 0 Å². The molecule has 0 radical (unpaired) electrons. The average molecular weight is 1900 g/mol. The summed E-state index contributed by atoms with van der Waals surface area (Å²) < 4.78 is 0. The van der Waals surface area contributed by atoms with E-state index in [2.05, 4.69) is 42.5 Å². The second-order valence-corrected chi connectivity index (χ2v) is 30.0. The van der Waals surface area contributed by atoms with Crippen molar-refractivity contribution in [3.63, 3.8) is 0 Å². The van der Waals surface area contributed by atoms with Gasteiger partial charge in [0.25, 0.3) is 23.6 Å². The summed E-state index contributed by atoms with van der Waals surface area (Å²) in [6, 6.07) is 51.8. The normalized spacial score (nSPS) is 11.8. The number of aryl methyl sites for hydroxylation is 1. The number of benzene rings is 7. The molecule has 136 heavy (non-hydrogen) atoms. The van der Waals surface area contributed by atoms with Gasteiger partial charge in [0.05, 0.1) is 47.5 Å². The smallest absolute Gasteiger partial charge is 0.426 e. The summed E-state index contributed by atoms with van der Waals surface area (Å²) >= 11 is 0. The molecule has 0 bridgehead atoms. The van der Waals surface area contributed by atoms with E-state index in [0.717, 1.165) is 33.5 Å². The largest absolute Gasteiger partial charge is 0.476 e. The molecule has 7 aromatic rings. The minimum Gasteiger partial charge on any atom is -0.426 e. The van der Waals surface area contributed by atoms with Gasteiger partial charge >= 0.3 is 56.9 Å². The van der Waals surface area contributed by atoms with Gasteiger partial charge in [-0.1, -0.05) is 148 Å². The molecule has 0 saturated heterocycles. The number of primary amides is 5. The maximum Gasteiger partial charge on any atom is 0.476 e. The van der Waals surface area contributed by atoms with Crippen molar-refractivity contribution in [1.29, 1.82) is 0 Å². The lowest BCUT2D eigenvalue weighted by molar-refractivity contribution is -0.123. The van der Waals surface area contributed by atoms with Crippen molar-refractivity contribution >= 4 is 173 Å². The molecule has 0 aliphatic heterocycles. The van der Waals surface area contributed by atoms with Crippen LogP contribution in [-0.4, -0.2) is 279 Å². The van der Waals surface area contributed by atoms with Crippen molar-refractivity contribution in [3.8, 4) is 0 Å². The Balaban J connectivity index is 0.00000154. The summed E-state index contributed by atoms with van der Waals surface area (Å²) in [6.07, 6.45) is 1.16. The highest BCUT2D eigenvalue weighted by Gasteiger charge is 2.34. The minimum atomic E-state index is -1.86. The van der Waals surface area contributed by atoms with Crippen LogP contribution in [0.3, 0.4) is 0 Å². The molecule has 34 N–H and O–H groups in total. The predicted molar refractivity (Wildman–Crippen MR) is 505 cm³/mol. The van der Waals surface area contributed by atoms with Gasteiger partial charge in [0, 0.05) is 99.3 Å². The highest BCUT2D eigenvalue weighted by molar-refractivity contribution is 6.47. The molecule has 7 rings (SSSR count). The van der Waals surface area contributed by atoms with Gasteiger partial charge in [0.1, 0.15) is 17.3 Å². The summed E-state index contributed by atoms with van der Waals surface area (Å²) in [5.41, 5.74) is 27.3. The first-order valence-electron chi connectivity index (χ1n) is 42.2. The predicted octanol–water partition coefficient (Wildman–Crippen LogP) is -6.62. The average Bonchev–Trinajstić information content (AvgIpc) is 0.830. The summed E-state index contributed by atoms with van der Waals surface area (Å²) in [6.45, 7) is 9.05. The fourth-order valence-electron chi connectivity index (χ4n) is 11.2. The van der Waals surface area contributed by atoms with Crippen LogP contribution in [-0.2, 0) is 64.0 Å². The Morgan fingerprint density at radius 1 is 0.257 bits per heavy atom. The standard InChI is InChI=1S/C15H16BNO4.C14H15BN2O4.C13H19BN2O4.C11H14BNO4.C10H13BN2O4.C7H15BN2O4.C7H14BNO4.C6H13BN2O4/c1-10(18)8-14(16(20)21)17-15(19)13-7-6-11-4-2-3-5-12(11)9-13;16-13(18)8-12(15(20)21)17-14(19)11-6-5-9-3-1-2-4-10(9)7-11;15-12(17)9-11(14(19)20)16-13(18)8-4-7-10-5-2-1-3-6-10;1-8(14)7-10(12(16)17)13-11(15)9-5-3-2-4-6-9;12-9(14)6-8(11(16)17)13-10(15)7-4-2-1-3-5-7;1-2-3-7(12)10-5(8(13)14)4-6(9)11;1-3-7(11)9-6(8(12)13)4-5(2)10;1-2-6(11)9-4(7(12)13)3-5(8)10/h2-7,9,14,20-21H,8H2,1H3,(H,17,19);1-7,12,20-21H,8H2,(H2,16,18)(H,17,19);1-3,5-6,11,19-20H,4,7-9H2,(H2,15,17)(H,16,18);2-6,10,16-17H,7H2,1H3,(H,13,15);1-5,8,16-17H,6H2,(H2,12,14)(H,13,15);5,13-14H,2-4H2,1H3,(H2,9,11)(H,10,12);6,12-13H,3-4H2,1-2H3,(H,9,11);4,12-13H,2-3H2,1H3,(H2,8,10)(H,9,11)/t14-;12-;11-;10-;8-;5-;6-;4-/m01101101/s1. The maximum atomic E-state index is 12.1. The number of ketones is 3. The molecule has 53 heteroatoms. The molecule has 0 unspecified atom stereocenters. The topological polar surface area (TPSA) is 823 Å². The van der Waals surface area contributed by atoms with Crippen LogP contribution < -0.4 is 71.2 Å². The van der Waals surface area contributed by atoms with E-state index in [-0.39, 0.29) is 118 Å². The Bertz CT molecular complexity index is 4680. The summed E-state index contributed by atoms with van der Waals surface area (Å²) in [7, 11) is -14.3. The molecule has 13 amide bonds. The van der Waals surface area contributed by atoms with Gasteiger partial charge in [0.15, 0.2) is 0 Å². The molecule has 0 fully saturated rings. The number of amides is 13. The molecule has 0 aliphatic carbocycles. The number of carbonyl (C=O) groups is 16. The molecule has 0 aliphatic rings. The van der Waals surface area contributed by atoms with Crippen molar-refractivity contribution in [2.75, 3.05) is 0 Å². The number of rotatable bonds is 44. The van der Waals surface area contributed by atoms with Crippen molar-refractivity contribution in [2.45, 2.75) is 185 Å². The lowest BCUT2D eigenvalue weighted by atomic mass is 9.76. The number of Topliss-reactive ketones (excluding diaryl/α,β-unsaturated/α-hetero) is 3. The van der Waals surface area contributed by atoms with E-state index in [1.54, 1.807) is 105 Å². The van der Waals surface area contributed by atoms with E-state index < -0.39 is 158 Å². The van der Waals surface area contributed by atoms with Gasteiger partial charge in [-0.15, -0.1) is 0 Å². The Labute approximate surface area is 786 Å². The third kappa shape index (κ3) is 56.3. The van der Waals surface area contributed by atoms with E-state index in [0.29, 0.717) is 35.1 Å². The zero-order chi connectivity index (χ0) is 103. The molecule has 0 saturated carbocycles. The number of nitrogens with one attached hydrogen (secondary N) is 8. The molecule has 7 aromatic carbocycles. The Kier molecular flexibility index (Phi) is 61.6. The number of fused-ring (bicyclic) bond motifs is 2. The van der Waals surface area contributed by atoms with Crippen molar-refractivity contribution in [3.05, 3.63) is 204 Å². The van der Waals surface area contributed by atoms with E-state index in [1.165, 1.54) is 20.8 Å². The monoisotopic (exact) mass is 1900 g/mol. The number of hydrogen-bond donors (Lipinski definition) is 29. The van der Waals surface area contributed by atoms with Gasteiger partial charge in [-0.2, -0.15) is 0 Å². The highest BCUT2D eigenvalue weighted by Crippen LogP contribution is 2.19. The number of carbonyl (C=O) groups excluding carboxylic acids is 16. The van der Waals surface area contributed by atoms with Gasteiger partial charge in [0.2, 0.25) is 53.2 Å². The molecule has 45 nitrogen and oxygen atoms in total. The van der Waals surface area contributed by atoms with Crippen LogP contribution in [0.25, 0.3) is 21.5 Å². The quantitative estimate of drug-likeness (QED) is 0.0158. The van der Waals surface area contributed by atoms with Crippen LogP contribution >= 0.6 is 0 Å². The second-order valence-electron chi connectivity index (χ2n) is 30.0. The molecular formula is C83H119B8N13O32. The summed E-state index contributed by atoms with van der Waals surface area (Å²) in [5, 5.41) is 166. The maximum absolute atomic E-state index is 12.1. The molecular weight excluding hydrogens is 1780 g/mol. The van der Waals surface area contributed by atoms with Crippen LogP contribution in [0.5, 0.6) is 0 Å². The Morgan fingerprint density at radius 2 is 0.478 bits per heavy atom. The van der Waals surface area contributed by atoms with E-state index in [1.807, 2.05) is 91.9 Å². The highest BCUT2D eigenvalue weighted by atomic mass is 16.4. The van der Waals surface area contributed by atoms with Crippen molar-refractivity contribution in [2.24, 2.45) is 28.7 Å². The number of nitrogens with two attached hydrogens (primary N) is 5. The van der Waals surface area contributed by atoms with Gasteiger partial charge < -0.3 is 152 Å². The lowest BCUT2D eigenvalue weighted by Gasteiger charge is -2.16. The first-order chi connectivity index (χ1) is 63.8. The summed E-state index contributed by atoms with van der Waals surface area (Å²) in [4.78, 5) is 178. The number of hydrogen-bond acceptors (Lipinski definition) is 32. The zero-order valence-electron chi connectivity index (χ0n) is 75.7. The SMILES string of the molecule is CC(=O)C[C@H](NC(=O)c1ccc2ccccc2c1)B(O)O.CC(=O)C[C@H](NC(=O)c1ccccc1)B(O)O.CCC(=O)N[C@@H](CC(C)=O)B(O)O.CCC(=O)N[C@H](CC(N)=O)B(O)O.CCCC(=O)N[C@H](CC(N)=O)B(O)O.NC(=O)C[C@@H](NC(=O)CCCc1ccccc1)B(O)O.NC(=O)C[C@@H](NC(=O)c1ccc2ccccc2c1)B(O)O.NC(=O)C[C@@H](NC(=O)c1ccccc1)B(O)O. The van der Waals surface area contributed by atoms with E-state index >= 15 is 0 Å². The Hall–Kier alpha value is -12.9. The third-order valence-electron chi connectivity index (χ3n) is 18.1. The first kappa shape index (κ1) is 123. The molecule has 0 spiro atoms. The molecule has 732 valence electrons. The van der Waals surface area contributed by atoms with E-state index in [4.69, 9.17) is 99.0 Å². The van der Waals surface area contributed by atoms with Gasteiger partial charge in [-0.3, -0.25) is 76.7 Å². The fourth-order valence-corrected chi connectivity index (χ4v) is 11.2. The fraction of sp³-hybridized carbons (Fsp3) is 0.349. The Morgan fingerprint density at radius 3 is 0.728 bits per heavy atom. The van der Waals surface area contributed by atoms with Crippen molar-refractivity contribution < 1.29 is 157 Å². The van der Waals surface area contributed by atoms with Crippen LogP contribution in [0.15, 0.2) is 176 Å². The summed E-state index contributed by atoms with van der Waals surface area (Å²) in [5.74, 6) is -15.7. The van der Waals surface area contributed by atoms with Crippen LogP contribution in [0.1, 0.15) is 178 Å². The van der Waals surface area contributed by atoms with E-state index in [9.17, 15) is 86.8 Å². The zero-order valence-corrected chi connectivity index (χ0v) is 75.7. The van der Waals surface area contributed by atoms with Gasteiger partial charge in [-0.05, 0) is 116 Å². The lowest BCUT2D eigenvalue weighted by Crippen LogP contribution is -2.48. The van der Waals surface area contributed by atoms with Crippen molar-refractivity contribution in [1.82, 2.24) is 42.5 Å². The van der Waals surface area contributed by atoms with Crippen LogP contribution in [0.4, 0.5) is 0 Å². The molecule has 0 aromatic heterocycles. The van der Waals surface area contributed by atoms with Crippen LogP contribution in [0, 0.1) is 0 Å². The molecule has 0 heterocycles. The third-order valence-corrected chi connectivity index (χ3v) is 18.1. The molecule has 8 atom stereocenters.